The molecule has 0 spiro atoms. The fourth-order valence-electron chi connectivity index (χ4n) is 5.67. The van der Waals surface area contributed by atoms with Crippen LogP contribution in [0.15, 0.2) is 84.0 Å². The van der Waals surface area contributed by atoms with Crippen molar-refractivity contribution >= 4 is 21.6 Å². The molecule has 8 nitrogen and oxygen atoms in total. The number of ether oxygens (including phenoxy) is 1. The maximum Gasteiger partial charge on any atom is 0.573 e. The normalized spacial score (nSPS) is 16.3. The molecule has 16 heteroatoms. The SMILES string of the molecule is O=C(C[C@@H](c1ccc(F)cc1)c1cc(F)cc(F)c1)Nc1cncc(F)c1CC[C@H]1CNCCN1S(=O)(=O)c1ccc(OC(F)(F)F)cc1. The Balaban J connectivity index is 1.33. The molecule has 5 rings (SSSR count). The zero-order chi connectivity index (χ0) is 35.3. The lowest BCUT2D eigenvalue weighted by Gasteiger charge is -2.35. The highest BCUT2D eigenvalue weighted by atomic mass is 32.2. The highest BCUT2D eigenvalue weighted by Crippen LogP contribution is 2.32. The minimum absolute atomic E-state index is 0.00768. The van der Waals surface area contributed by atoms with E-state index in [1.165, 1.54) is 22.6 Å². The number of piperazine rings is 1. The number of alkyl halides is 3. The number of nitrogens with one attached hydrogen (secondary N) is 2. The number of sulfonamides is 1. The van der Waals surface area contributed by atoms with Gasteiger partial charge in [0.2, 0.25) is 15.9 Å². The second-order valence-electron chi connectivity index (χ2n) is 11.2. The lowest BCUT2D eigenvalue weighted by atomic mass is 9.88. The maximum absolute atomic E-state index is 15.2. The molecule has 3 aromatic carbocycles. The second kappa shape index (κ2) is 14.9. The molecule has 1 aliphatic heterocycles. The molecule has 1 aromatic heterocycles. The van der Waals surface area contributed by atoms with Gasteiger partial charge in [-0.05, 0) is 72.5 Å². The van der Waals surface area contributed by atoms with Crippen LogP contribution in [0.25, 0.3) is 0 Å². The third-order valence-corrected chi connectivity index (χ3v) is 9.88. The van der Waals surface area contributed by atoms with Gasteiger partial charge in [0.1, 0.15) is 29.0 Å². The van der Waals surface area contributed by atoms with Crippen LogP contribution in [0.2, 0.25) is 0 Å². The van der Waals surface area contributed by atoms with Gasteiger partial charge in [0.25, 0.3) is 0 Å². The molecule has 0 bridgehead atoms. The molecule has 0 saturated carbocycles. The Morgan fingerprint density at radius 2 is 1.61 bits per heavy atom. The third kappa shape index (κ3) is 9.13. The number of halogens is 7. The molecule has 0 radical (unpaired) electrons. The summed E-state index contributed by atoms with van der Waals surface area (Å²) in [5, 5.41) is 5.68. The topological polar surface area (TPSA) is 101 Å². The van der Waals surface area contributed by atoms with Gasteiger partial charge >= 0.3 is 6.36 Å². The van der Waals surface area contributed by atoms with Gasteiger partial charge < -0.3 is 15.4 Å². The first kappa shape index (κ1) is 35.8. The number of nitrogens with zero attached hydrogens (tertiary/aromatic N) is 2. The third-order valence-electron chi connectivity index (χ3n) is 7.92. The van der Waals surface area contributed by atoms with Gasteiger partial charge in [-0.15, -0.1) is 13.2 Å². The Hall–Kier alpha value is -4.54. The highest BCUT2D eigenvalue weighted by Gasteiger charge is 2.35. The summed E-state index contributed by atoms with van der Waals surface area (Å²) in [6.45, 7) is 0.508. The summed E-state index contributed by atoms with van der Waals surface area (Å²) in [4.78, 5) is 16.9. The maximum atomic E-state index is 15.2. The molecule has 49 heavy (non-hydrogen) atoms. The van der Waals surface area contributed by atoms with E-state index >= 15 is 4.39 Å². The van der Waals surface area contributed by atoms with Crippen molar-refractivity contribution in [1.82, 2.24) is 14.6 Å². The van der Waals surface area contributed by atoms with Crippen LogP contribution >= 0.6 is 0 Å². The van der Waals surface area contributed by atoms with Crippen LogP contribution in [-0.4, -0.2) is 55.7 Å². The van der Waals surface area contributed by atoms with E-state index in [0.717, 1.165) is 54.7 Å². The zero-order valence-electron chi connectivity index (χ0n) is 25.5. The Morgan fingerprint density at radius 1 is 0.939 bits per heavy atom. The number of carbonyl (C=O) groups excluding carboxylic acids is 1. The Bertz CT molecular complexity index is 1870. The first-order valence-corrected chi connectivity index (χ1v) is 16.4. The van der Waals surface area contributed by atoms with Crippen molar-refractivity contribution in [1.29, 1.82) is 0 Å². The van der Waals surface area contributed by atoms with E-state index in [4.69, 9.17) is 0 Å². The van der Waals surface area contributed by atoms with Crippen molar-refractivity contribution < 1.29 is 48.7 Å². The number of hydrogen-bond acceptors (Lipinski definition) is 6. The van der Waals surface area contributed by atoms with Crippen LogP contribution in [0, 0.1) is 23.3 Å². The standard InChI is InChI=1S/C33H29F7N4O4S/c34-22-3-1-20(2-4-22)29(21-13-23(35)15-24(36)14-21)16-32(45)43-31-19-42-18-30(37)28(31)10-5-25-17-41-11-12-44(25)49(46,47)27-8-6-26(7-9-27)48-33(38,39)40/h1-4,6-9,13-15,18-19,25,29,41H,5,10-12,16-17H2,(H,43,45)/t25-,29-/m0/s1. The number of anilines is 1. The van der Waals surface area contributed by atoms with E-state index in [1.54, 1.807) is 0 Å². The number of carbonyl (C=O) groups is 1. The van der Waals surface area contributed by atoms with Crippen LogP contribution in [0.5, 0.6) is 5.75 Å². The number of amides is 1. The van der Waals surface area contributed by atoms with Crippen LogP contribution in [0.4, 0.5) is 36.4 Å². The molecular formula is C33H29F7N4O4S. The van der Waals surface area contributed by atoms with Crippen molar-refractivity contribution in [2.45, 2.75) is 42.5 Å². The summed E-state index contributed by atoms with van der Waals surface area (Å²) < 4.78 is 127. The largest absolute Gasteiger partial charge is 0.573 e. The number of hydrogen-bond donors (Lipinski definition) is 2. The Kier molecular flexibility index (Phi) is 10.9. The molecule has 1 fully saturated rings. The number of benzene rings is 3. The summed E-state index contributed by atoms with van der Waals surface area (Å²) in [6, 6.07) is 10.9. The molecule has 4 aromatic rings. The molecule has 2 N–H and O–H groups in total. The molecule has 260 valence electrons. The molecule has 1 saturated heterocycles. The van der Waals surface area contributed by atoms with E-state index < -0.39 is 63.3 Å². The van der Waals surface area contributed by atoms with Crippen molar-refractivity contribution in [2.24, 2.45) is 0 Å². The van der Waals surface area contributed by atoms with E-state index in [0.29, 0.717) is 18.2 Å². The van der Waals surface area contributed by atoms with Crippen molar-refractivity contribution in [2.75, 3.05) is 25.0 Å². The number of rotatable bonds is 11. The average molecular weight is 711 g/mol. The lowest BCUT2D eigenvalue weighted by Crippen LogP contribution is -2.53. The fourth-order valence-corrected chi connectivity index (χ4v) is 7.33. The van der Waals surface area contributed by atoms with E-state index in [-0.39, 0.29) is 54.1 Å². The van der Waals surface area contributed by atoms with E-state index in [9.17, 15) is 39.6 Å². The first-order chi connectivity index (χ1) is 23.2. The summed E-state index contributed by atoms with van der Waals surface area (Å²) in [6.07, 6.45) is -3.15. The predicted octanol–water partition coefficient (Wildman–Crippen LogP) is 6.29. The van der Waals surface area contributed by atoms with E-state index in [1.807, 2.05) is 0 Å². The fraction of sp³-hybridized carbons (Fsp3) is 0.273. The number of pyridine rings is 1. The van der Waals surface area contributed by atoms with Crippen molar-refractivity contribution in [3.05, 3.63) is 119 Å². The minimum Gasteiger partial charge on any atom is -0.406 e. The quantitative estimate of drug-likeness (QED) is 0.178. The lowest BCUT2D eigenvalue weighted by molar-refractivity contribution is -0.274. The van der Waals surface area contributed by atoms with Crippen molar-refractivity contribution in [3.63, 3.8) is 0 Å². The van der Waals surface area contributed by atoms with Crippen LogP contribution in [0.3, 0.4) is 0 Å². The first-order valence-electron chi connectivity index (χ1n) is 14.9. The van der Waals surface area contributed by atoms with Gasteiger partial charge in [0.15, 0.2) is 0 Å². The van der Waals surface area contributed by atoms with Crippen LogP contribution in [-0.2, 0) is 21.2 Å². The Morgan fingerprint density at radius 3 is 2.27 bits per heavy atom. The smallest absolute Gasteiger partial charge is 0.406 e. The summed E-state index contributed by atoms with van der Waals surface area (Å²) >= 11 is 0. The average Bonchev–Trinajstić information content (AvgIpc) is 3.03. The molecule has 1 aliphatic rings. The molecule has 2 atom stereocenters. The van der Waals surface area contributed by atoms with Gasteiger partial charge in [-0.2, -0.15) is 4.31 Å². The highest BCUT2D eigenvalue weighted by molar-refractivity contribution is 7.89. The van der Waals surface area contributed by atoms with E-state index in [2.05, 4.69) is 20.4 Å². The zero-order valence-corrected chi connectivity index (χ0v) is 26.3. The van der Waals surface area contributed by atoms with Gasteiger partial charge in [-0.3, -0.25) is 9.78 Å². The summed E-state index contributed by atoms with van der Waals surface area (Å²) in [5.74, 6) is -5.25. The second-order valence-corrected chi connectivity index (χ2v) is 13.1. The van der Waals surface area contributed by atoms with Gasteiger partial charge in [-0.25, -0.2) is 26.0 Å². The monoisotopic (exact) mass is 710 g/mol. The molecule has 0 unspecified atom stereocenters. The van der Waals surface area contributed by atoms with Crippen LogP contribution < -0.4 is 15.4 Å². The minimum atomic E-state index is -4.95. The van der Waals surface area contributed by atoms with Gasteiger partial charge in [-0.1, -0.05) is 12.1 Å². The van der Waals surface area contributed by atoms with Crippen molar-refractivity contribution in [3.8, 4) is 5.75 Å². The molecule has 0 aliphatic carbocycles. The Labute approximate surface area is 277 Å². The van der Waals surface area contributed by atoms with Crippen LogP contribution in [0.1, 0.15) is 35.4 Å². The molecule has 1 amide bonds. The number of aromatic nitrogens is 1. The van der Waals surface area contributed by atoms with Gasteiger partial charge in [0, 0.05) is 49.6 Å². The van der Waals surface area contributed by atoms with Gasteiger partial charge in [0.05, 0.1) is 23.0 Å². The molecular weight excluding hydrogens is 681 g/mol. The predicted molar refractivity (Wildman–Crippen MR) is 164 cm³/mol. The summed E-state index contributed by atoms with van der Waals surface area (Å²) in [5.41, 5.74) is 0.528. The summed E-state index contributed by atoms with van der Waals surface area (Å²) in [7, 11) is -4.19. The molecule has 2 heterocycles.